The number of phenols is 1. The molecule has 4 N–H and O–H groups in total. The van der Waals surface area contributed by atoms with E-state index in [-0.39, 0.29) is 6.61 Å². The summed E-state index contributed by atoms with van der Waals surface area (Å²) < 4.78 is 0. The Kier molecular flexibility index (Phi) is 4.63. The van der Waals surface area contributed by atoms with E-state index >= 15 is 0 Å². The fraction of sp³-hybridized carbons (Fsp3) is 0.333. The van der Waals surface area contributed by atoms with Crippen LogP contribution in [0.25, 0.3) is 21.8 Å². The maximum Gasteiger partial charge on any atom is 0.116 e. The molecule has 2 aromatic carbocycles. The number of hydrogen-bond donors (Lipinski definition) is 4. The molecular weight excluding hydrogens is 398 g/mol. The SMILES string of the molecule is C/C=C1/CN2[C@H]3C[C@@H]1C(CO)[C@@H]2Cc1c3[nH]c2ccc(O)cc12.c1ccc2[nH]ccc2c1. The van der Waals surface area contributed by atoms with E-state index in [1.54, 1.807) is 6.07 Å². The van der Waals surface area contributed by atoms with Crippen LogP contribution in [-0.4, -0.2) is 44.3 Å². The average Bonchev–Trinajstić information content (AvgIpc) is 3.44. The average molecular weight is 428 g/mol. The number of aromatic nitrogens is 2. The number of benzene rings is 2. The number of para-hydroxylation sites is 1. The van der Waals surface area contributed by atoms with E-state index in [2.05, 4.69) is 46.1 Å². The van der Waals surface area contributed by atoms with E-state index in [1.807, 2.05) is 30.5 Å². The Morgan fingerprint density at radius 3 is 2.81 bits per heavy atom. The van der Waals surface area contributed by atoms with Crippen LogP contribution in [-0.2, 0) is 6.42 Å². The zero-order valence-electron chi connectivity index (χ0n) is 18.3. The standard InChI is InChI=1S/C19H22N2O2.C8H7N/c1-2-10-8-21-17-7-14-13-5-11(23)3-4-16(13)20-19(14)18(21)6-12(10)15(17)9-22;1-2-4-8-7(3-1)5-6-9-8/h2-5,12,15,17-18,20,22-23H,6-9H2,1H3;1-6,9H/b10-2-;/t12-,15?,17-,18-;/m0./s1. The summed E-state index contributed by atoms with van der Waals surface area (Å²) in [5.41, 5.74) is 6.50. The van der Waals surface area contributed by atoms with Gasteiger partial charge < -0.3 is 20.2 Å². The van der Waals surface area contributed by atoms with Gasteiger partial charge in [0, 0.05) is 53.4 Å². The van der Waals surface area contributed by atoms with Crippen LogP contribution in [0.3, 0.4) is 0 Å². The van der Waals surface area contributed by atoms with Crippen molar-refractivity contribution in [3.05, 3.63) is 77.6 Å². The van der Waals surface area contributed by atoms with Crippen molar-refractivity contribution < 1.29 is 10.2 Å². The van der Waals surface area contributed by atoms with Crippen LogP contribution in [0.2, 0.25) is 0 Å². The van der Waals surface area contributed by atoms with Crippen molar-refractivity contribution in [1.82, 2.24) is 14.9 Å². The smallest absolute Gasteiger partial charge is 0.116 e. The lowest BCUT2D eigenvalue weighted by Gasteiger charge is -2.58. The number of allylic oxidation sites excluding steroid dienone is 1. The third kappa shape index (κ3) is 2.92. The van der Waals surface area contributed by atoms with Gasteiger partial charge >= 0.3 is 0 Å². The molecule has 8 rings (SSSR count). The van der Waals surface area contributed by atoms with Crippen molar-refractivity contribution in [2.75, 3.05) is 13.2 Å². The number of aromatic amines is 2. The number of aliphatic hydroxyl groups excluding tert-OH is 1. The quantitative estimate of drug-likeness (QED) is 0.327. The van der Waals surface area contributed by atoms with Gasteiger partial charge in [-0.3, -0.25) is 4.90 Å². The molecule has 0 aliphatic carbocycles. The number of hydrogen-bond acceptors (Lipinski definition) is 3. The Bertz CT molecular complexity index is 1290. The largest absolute Gasteiger partial charge is 0.508 e. The molecule has 3 fully saturated rings. The van der Waals surface area contributed by atoms with E-state index < -0.39 is 0 Å². The van der Waals surface area contributed by atoms with Gasteiger partial charge in [0.2, 0.25) is 0 Å². The molecule has 3 saturated heterocycles. The first-order chi connectivity index (χ1) is 15.7. The van der Waals surface area contributed by atoms with Gasteiger partial charge in [-0.1, -0.05) is 29.8 Å². The molecule has 0 amide bonds. The van der Waals surface area contributed by atoms with E-state index in [0.717, 1.165) is 30.3 Å². The highest BCUT2D eigenvalue weighted by atomic mass is 16.3. The van der Waals surface area contributed by atoms with Crippen molar-refractivity contribution in [1.29, 1.82) is 0 Å². The number of nitrogens with zero attached hydrogens (tertiary/aromatic N) is 1. The highest BCUT2D eigenvalue weighted by molar-refractivity contribution is 5.86. The van der Waals surface area contributed by atoms with Crippen molar-refractivity contribution in [3.63, 3.8) is 0 Å². The molecule has 32 heavy (non-hydrogen) atoms. The maximum atomic E-state index is 9.99. The molecule has 4 bridgehead atoms. The Balaban J connectivity index is 0.000000182. The van der Waals surface area contributed by atoms with Crippen LogP contribution in [0.4, 0.5) is 0 Å². The second kappa shape index (κ2) is 7.54. The summed E-state index contributed by atoms with van der Waals surface area (Å²) in [7, 11) is 0. The number of fused-ring (bicyclic) bond motifs is 5. The third-order valence-corrected chi connectivity index (χ3v) is 7.87. The highest BCUT2D eigenvalue weighted by Gasteiger charge is 2.52. The molecular formula is C27H29N3O2. The van der Waals surface area contributed by atoms with Gasteiger partial charge in [-0.25, -0.2) is 0 Å². The van der Waals surface area contributed by atoms with E-state index in [0.29, 0.717) is 29.7 Å². The van der Waals surface area contributed by atoms with Crippen LogP contribution in [0.1, 0.15) is 30.6 Å². The minimum Gasteiger partial charge on any atom is -0.508 e. The maximum absolute atomic E-state index is 9.99. The Labute approximate surface area is 187 Å². The summed E-state index contributed by atoms with van der Waals surface area (Å²) in [5, 5.41) is 22.3. The summed E-state index contributed by atoms with van der Waals surface area (Å²) in [6.45, 7) is 3.42. The molecule has 5 atom stereocenters. The molecule has 4 aliphatic heterocycles. The van der Waals surface area contributed by atoms with Crippen LogP contribution < -0.4 is 0 Å². The van der Waals surface area contributed by atoms with Crippen molar-refractivity contribution in [3.8, 4) is 5.75 Å². The summed E-state index contributed by atoms with van der Waals surface area (Å²) in [4.78, 5) is 9.33. The topological polar surface area (TPSA) is 75.3 Å². The van der Waals surface area contributed by atoms with Gasteiger partial charge in [0.25, 0.3) is 0 Å². The number of rotatable bonds is 1. The fourth-order valence-electron chi connectivity index (χ4n) is 6.35. The Morgan fingerprint density at radius 2 is 2.00 bits per heavy atom. The molecule has 5 heteroatoms. The Morgan fingerprint density at radius 1 is 1.12 bits per heavy atom. The number of aromatic hydroxyl groups is 1. The van der Waals surface area contributed by atoms with Gasteiger partial charge in [-0.2, -0.15) is 0 Å². The monoisotopic (exact) mass is 427 g/mol. The number of piperidine rings is 3. The van der Waals surface area contributed by atoms with Crippen molar-refractivity contribution >= 4 is 21.8 Å². The molecule has 2 aromatic heterocycles. The zero-order chi connectivity index (χ0) is 21.8. The lowest BCUT2D eigenvalue weighted by Crippen LogP contribution is -2.60. The van der Waals surface area contributed by atoms with Gasteiger partial charge in [-0.05, 0) is 67.0 Å². The molecule has 0 spiro atoms. The minimum atomic E-state index is 0.263. The summed E-state index contributed by atoms with van der Waals surface area (Å²) in [6.07, 6.45) is 6.25. The number of H-pyrrole nitrogens is 2. The van der Waals surface area contributed by atoms with Crippen molar-refractivity contribution in [2.24, 2.45) is 11.8 Å². The molecule has 0 radical (unpaired) electrons. The van der Waals surface area contributed by atoms with Gasteiger partial charge in [0.15, 0.2) is 0 Å². The summed E-state index contributed by atoms with van der Waals surface area (Å²) in [5.74, 6) is 1.17. The van der Waals surface area contributed by atoms with E-state index in [4.69, 9.17) is 0 Å². The lowest BCUT2D eigenvalue weighted by molar-refractivity contribution is -0.0503. The third-order valence-electron chi connectivity index (χ3n) is 7.87. The summed E-state index contributed by atoms with van der Waals surface area (Å²) in [6, 6.07) is 16.7. The zero-order valence-corrected chi connectivity index (χ0v) is 18.3. The number of aliphatic hydroxyl groups is 1. The van der Waals surface area contributed by atoms with Crippen LogP contribution in [0, 0.1) is 11.8 Å². The van der Waals surface area contributed by atoms with E-state index in [1.165, 1.54) is 27.7 Å². The number of nitrogens with one attached hydrogen (secondary N) is 2. The fourth-order valence-corrected chi connectivity index (χ4v) is 6.35. The minimum absolute atomic E-state index is 0.263. The van der Waals surface area contributed by atoms with Crippen molar-refractivity contribution in [2.45, 2.75) is 31.8 Å². The normalized spacial score (nSPS) is 29.2. The van der Waals surface area contributed by atoms with E-state index in [9.17, 15) is 10.2 Å². The first-order valence-electron chi connectivity index (χ1n) is 11.5. The molecule has 2 unspecified atom stereocenters. The van der Waals surface area contributed by atoms with Gasteiger partial charge in [0.1, 0.15) is 5.75 Å². The predicted molar refractivity (Wildman–Crippen MR) is 128 cm³/mol. The molecule has 6 heterocycles. The molecule has 4 aromatic rings. The van der Waals surface area contributed by atoms with Gasteiger partial charge in [0.05, 0.1) is 6.04 Å². The second-order valence-corrected chi connectivity index (χ2v) is 9.32. The molecule has 5 nitrogen and oxygen atoms in total. The molecule has 4 aliphatic rings. The second-order valence-electron chi connectivity index (χ2n) is 9.32. The lowest BCUT2D eigenvalue weighted by atomic mass is 9.64. The highest BCUT2D eigenvalue weighted by Crippen LogP contribution is 2.54. The van der Waals surface area contributed by atoms with Crippen LogP contribution in [0.15, 0.2) is 66.4 Å². The number of phenolic OH excluding ortho intramolecular Hbond substituents is 1. The first kappa shape index (κ1) is 19.6. The molecule has 0 saturated carbocycles. The van der Waals surface area contributed by atoms with Crippen LogP contribution >= 0.6 is 0 Å². The predicted octanol–water partition coefficient (Wildman–Crippen LogP) is 4.90. The summed E-state index contributed by atoms with van der Waals surface area (Å²) >= 11 is 0. The first-order valence-corrected chi connectivity index (χ1v) is 11.5. The Hall–Kier alpha value is -3.02. The van der Waals surface area contributed by atoms with Gasteiger partial charge in [-0.15, -0.1) is 0 Å². The molecule has 164 valence electrons. The van der Waals surface area contributed by atoms with Crippen LogP contribution in [0.5, 0.6) is 5.75 Å².